The lowest BCUT2D eigenvalue weighted by Gasteiger charge is -2.11. The van der Waals surface area contributed by atoms with E-state index in [2.05, 4.69) is 13.8 Å². The Morgan fingerprint density at radius 1 is 0.690 bits per heavy atom. The molecule has 2 atom stereocenters. The summed E-state index contributed by atoms with van der Waals surface area (Å²) in [6.45, 7) is 10.4. The summed E-state index contributed by atoms with van der Waals surface area (Å²) in [6.07, 6.45) is 22.7. The molecule has 1 radical (unpaired) electrons. The van der Waals surface area contributed by atoms with Crippen LogP contribution in [0.2, 0.25) is 0 Å². The van der Waals surface area contributed by atoms with Gasteiger partial charge in [-0.25, -0.2) is 0 Å². The van der Waals surface area contributed by atoms with Crippen LogP contribution in [0.25, 0.3) is 0 Å². The van der Waals surface area contributed by atoms with E-state index in [9.17, 15) is 0 Å². The van der Waals surface area contributed by atoms with Crippen molar-refractivity contribution in [2.24, 2.45) is 5.92 Å². The zero-order chi connectivity index (χ0) is 20.8. The molecule has 0 N–H and O–H groups in total. The van der Waals surface area contributed by atoms with Crippen LogP contribution in [-0.2, 0) is 14.2 Å². The Balaban J connectivity index is 1.76. The summed E-state index contributed by atoms with van der Waals surface area (Å²) in [5.74, 6) is 0.562. The minimum Gasteiger partial charge on any atom is -0.381 e. The van der Waals surface area contributed by atoms with Gasteiger partial charge in [0.15, 0.2) is 0 Å². The van der Waals surface area contributed by atoms with Crippen LogP contribution in [0.5, 0.6) is 0 Å². The molecule has 2 unspecified atom stereocenters. The summed E-state index contributed by atoms with van der Waals surface area (Å²) < 4.78 is 17.5. The molecule has 1 aliphatic heterocycles. The first kappa shape index (κ1) is 26.9. The molecule has 3 nitrogen and oxygen atoms in total. The Morgan fingerprint density at radius 3 is 1.79 bits per heavy atom. The Hall–Kier alpha value is -0.120. The van der Waals surface area contributed by atoms with Crippen LogP contribution in [0.3, 0.4) is 0 Å². The molecule has 173 valence electrons. The van der Waals surface area contributed by atoms with E-state index in [0.717, 1.165) is 52.3 Å². The van der Waals surface area contributed by atoms with Gasteiger partial charge in [-0.15, -0.1) is 0 Å². The van der Waals surface area contributed by atoms with Crippen LogP contribution in [-0.4, -0.2) is 39.1 Å². The molecule has 1 rings (SSSR count). The quantitative estimate of drug-likeness (QED) is 0.172. The van der Waals surface area contributed by atoms with Crippen LogP contribution >= 0.6 is 0 Å². The van der Waals surface area contributed by atoms with E-state index < -0.39 is 0 Å². The molecule has 0 amide bonds. The minimum absolute atomic E-state index is 0.281. The Bertz CT molecular complexity index is 321. The van der Waals surface area contributed by atoms with E-state index in [4.69, 9.17) is 14.2 Å². The fraction of sp³-hybridized carbons (Fsp3) is 0.962. The minimum atomic E-state index is 0.281. The van der Waals surface area contributed by atoms with Gasteiger partial charge >= 0.3 is 0 Å². The van der Waals surface area contributed by atoms with Gasteiger partial charge in [-0.05, 0) is 19.3 Å². The third kappa shape index (κ3) is 17.3. The smallest absolute Gasteiger partial charge is 0.0813 e. The van der Waals surface area contributed by atoms with E-state index >= 15 is 0 Å². The monoisotopic (exact) mass is 411 g/mol. The third-order valence-electron chi connectivity index (χ3n) is 6.00. The molecule has 0 saturated carbocycles. The third-order valence-corrected chi connectivity index (χ3v) is 6.00. The summed E-state index contributed by atoms with van der Waals surface area (Å²) in [5.41, 5.74) is 0. The molecule has 0 bridgehead atoms. The summed E-state index contributed by atoms with van der Waals surface area (Å²) in [6, 6.07) is 0. The molecule has 1 fully saturated rings. The molecule has 0 aromatic rings. The number of unbranched alkanes of at least 4 members (excludes halogenated alkanes) is 14. The number of rotatable bonds is 22. The van der Waals surface area contributed by atoms with Crippen LogP contribution < -0.4 is 0 Å². The van der Waals surface area contributed by atoms with Gasteiger partial charge < -0.3 is 14.2 Å². The summed E-state index contributed by atoms with van der Waals surface area (Å²) in [7, 11) is 0. The van der Waals surface area contributed by atoms with Crippen LogP contribution in [0.1, 0.15) is 116 Å². The van der Waals surface area contributed by atoms with Gasteiger partial charge in [-0.1, -0.05) is 104 Å². The van der Waals surface area contributed by atoms with Crippen LogP contribution in [0.4, 0.5) is 0 Å². The number of hydrogen-bond acceptors (Lipinski definition) is 3. The molecular formula is C26H51O3. The molecule has 1 heterocycles. The Kier molecular flexibility index (Phi) is 19.6. The maximum atomic E-state index is 5.90. The van der Waals surface area contributed by atoms with Crippen molar-refractivity contribution in [1.82, 2.24) is 0 Å². The largest absolute Gasteiger partial charge is 0.381 e. The average Bonchev–Trinajstić information content (AvgIpc) is 3.18. The highest BCUT2D eigenvalue weighted by molar-refractivity contribution is 4.73. The fourth-order valence-electron chi connectivity index (χ4n) is 4.08. The lowest BCUT2D eigenvalue weighted by Crippen LogP contribution is -2.15. The highest BCUT2D eigenvalue weighted by Crippen LogP contribution is 2.20. The maximum Gasteiger partial charge on any atom is 0.0813 e. The van der Waals surface area contributed by atoms with Crippen molar-refractivity contribution < 1.29 is 14.2 Å². The second-order valence-electron chi connectivity index (χ2n) is 9.01. The molecule has 0 aromatic carbocycles. The molecule has 0 spiro atoms. The zero-order valence-corrected chi connectivity index (χ0v) is 19.6. The fourth-order valence-corrected chi connectivity index (χ4v) is 4.08. The van der Waals surface area contributed by atoms with Crippen LogP contribution in [0, 0.1) is 12.8 Å². The van der Waals surface area contributed by atoms with Crippen molar-refractivity contribution in [3.63, 3.8) is 0 Å². The van der Waals surface area contributed by atoms with E-state index in [-0.39, 0.29) is 6.10 Å². The average molecular weight is 412 g/mol. The maximum absolute atomic E-state index is 5.90. The van der Waals surface area contributed by atoms with Gasteiger partial charge in [0.1, 0.15) is 0 Å². The van der Waals surface area contributed by atoms with Gasteiger partial charge in [0, 0.05) is 19.1 Å². The summed E-state index contributed by atoms with van der Waals surface area (Å²) in [5, 5.41) is 0. The predicted octanol–water partition coefficient (Wildman–Crippen LogP) is 7.52. The summed E-state index contributed by atoms with van der Waals surface area (Å²) >= 11 is 0. The van der Waals surface area contributed by atoms with E-state index in [1.807, 2.05) is 0 Å². The molecule has 1 aliphatic rings. The topological polar surface area (TPSA) is 27.7 Å². The van der Waals surface area contributed by atoms with Gasteiger partial charge in [0.2, 0.25) is 0 Å². The van der Waals surface area contributed by atoms with Crippen molar-refractivity contribution in [2.75, 3.05) is 33.0 Å². The lowest BCUT2D eigenvalue weighted by molar-refractivity contribution is 0.0141. The highest BCUT2D eigenvalue weighted by atomic mass is 16.5. The number of hydrogen-bond donors (Lipinski definition) is 0. The molecular weight excluding hydrogens is 360 g/mol. The normalized spacial score (nSPS) is 19.2. The Labute approximate surface area is 182 Å². The van der Waals surface area contributed by atoms with E-state index in [1.54, 1.807) is 0 Å². The number of ether oxygens (including phenoxy) is 3. The molecule has 0 aromatic heterocycles. The van der Waals surface area contributed by atoms with Gasteiger partial charge in [0.05, 0.1) is 25.9 Å². The van der Waals surface area contributed by atoms with Crippen molar-refractivity contribution in [1.29, 1.82) is 0 Å². The van der Waals surface area contributed by atoms with Crippen molar-refractivity contribution in [3.05, 3.63) is 6.92 Å². The standard InChI is InChI=1S/C26H51O3/c1-3-5-7-9-10-11-12-13-14-15-16-18-19-27-22-25-21-26(29-23-25)24-28-20-17-8-6-4-2/h25-26H,2-24H2,1H3. The SMILES string of the molecule is [CH2]CCCCCOCC1CC(COCCCCCCCCCCCCCC)CO1. The first-order valence-electron chi connectivity index (χ1n) is 12.9. The molecule has 29 heavy (non-hydrogen) atoms. The first-order chi connectivity index (χ1) is 14.4. The van der Waals surface area contributed by atoms with E-state index in [1.165, 1.54) is 89.9 Å². The molecule has 1 saturated heterocycles. The van der Waals surface area contributed by atoms with Gasteiger partial charge in [0.25, 0.3) is 0 Å². The van der Waals surface area contributed by atoms with Gasteiger partial charge in [-0.3, -0.25) is 0 Å². The molecule has 0 aliphatic carbocycles. The molecule has 3 heteroatoms. The van der Waals surface area contributed by atoms with Crippen molar-refractivity contribution >= 4 is 0 Å². The first-order valence-corrected chi connectivity index (χ1v) is 12.9. The Morgan fingerprint density at radius 2 is 1.21 bits per heavy atom. The van der Waals surface area contributed by atoms with Crippen molar-refractivity contribution in [2.45, 2.75) is 122 Å². The second-order valence-corrected chi connectivity index (χ2v) is 9.01. The van der Waals surface area contributed by atoms with Crippen molar-refractivity contribution in [3.8, 4) is 0 Å². The lowest BCUT2D eigenvalue weighted by atomic mass is 10.1. The highest BCUT2D eigenvalue weighted by Gasteiger charge is 2.25. The second kappa shape index (κ2) is 21.1. The zero-order valence-electron chi connectivity index (χ0n) is 19.6. The predicted molar refractivity (Wildman–Crippen MR) is 124 cm³/mol. The van der Waals surface area contributed by atoms with Crippen LogP contribution in [0.15, 0.2) is 0 Å². The van der Waals surface area contributed by atoms with E-state index in [0.29, 0.717) is 5.92 Å². The van der Waals surface area contributed by atoms with Gasteiger partial charge in [-0.2, -0.15) is 0 Å². The summed E-state index contributed by atoms with van der Waals surface area (Å²) in [4.78, 5) is 0.